The van der Waals surface area contributed by atoms with Gasteiger partial charge in [-0.2, -0.15) is 0 Å². The summed E-state index contributed by atoms with van der Waals surface area (Å²) in [5, 5.41) is 3.58. The molecule has 1 fully saturated rings. The maximum Gasteiger partial charge on any atom is 0.239 e. The molecule has 1 unspecified atom stereocenters. The van der Waals surface area contributed by atoms with E-state index < -0.39 is 0 Å². The molecule has 2 rings (SSSR count). The molecule has 0 spiro atoms. The van der Waals surface area contributed by atoms with Gasteiger partial charge in [0.05, 0.1) is 10.9 Å². The summed E-state index contributed by atoms with van der Waals surface area (Å²) in [4.78, 5) is 16.1. The Bertz CT molecular complexity index is 459. The number of hydrogen-bond donors (Lipinski definition) is 1. The van der Waals surface area contributed by atoms with Crippen molar-refractivity contribution in [2.45, 2.75) is 31.4 Å². The van der Waals surface area contributed by atoms with Crippen molar-refractivity contribution in [1.82, 2.24) is 5.32 Å². The Balaban J connectivity index is 2.02. The standard InChI is InChI=1S/C13H15BrN2OS/c1-2-3-4-11-12(17)16-13(18-11)15-10-7-5-9(14)6-8-10/h5-8,11H,2-4H2,1H3,(H,15,16,17). The number of halogens is 1. The molecule has 96 valence electrons. The predicted molar refractivity (Wildman–Crippen MR) is 80.3 cm³/mol. The molecule has 0 radical (unpaired) electrons. The summed E-state index contributed by atoms with van der Waals surface area (Å²) >= 11 is 4.92. The molecular weight excluding hydrogens is 312 g/mol. The van der Waals surface area contributed by atoms with Gasteiger partial charge in [-0.1, -0.05) is 47.5 Å². The van der Waals surface area contributed by atoms with Crippen molar-refractivity contribution in [3.05, 3.63) is 28.7 Å². The van der Waals surface area contributed by atoms with Gasteiger partial charge in [0.15, 0.2) is 5.17 Å². The lowest BCUT2D eigenvalue weighted by Gasteiger charge is -2.01. The van der Waals surface area contributed by atoms with Crippen molar-refractivity contribution in [2.24, 2.45) is 4.99 Å². The summed E-state index contributed by atoms with van der Waals surface area (Å²) in [5.74, 6) is 0.0873. The maximum absolute atomic E-state index is 11.7. The minimum absolute atomic E-state index is 0.0270. The van der Waals surface area contributed by atoms with Gasteiger partial charge in [-0.15, -0.1) is 0 Å². The smallest absolute Gasteiger partial charge is 0.239 e. The van der Waals surface area contributed by atoms with Crippen LogP contribution >= 0.6 is 27.7 Å². The number of nitrogens with zero attached hydrogens (tertiary/aromatic N) is 1. The van der Waals surface area contributed by atoms with Gasteiger partial charge in [0, 0.05) is 4.47 Å². The third kappa shape index (κ3) is 3.59. The monoisotopic (exact) mass is 326 g/mol. The molecule has 0 saturated carbocycles. The van der Waals surface area contributed by atoms with Crippen molar-refractivity contribution in [3.63, 3.8) is 0 Å². The fourth-order valence-corrected chi connectivity index (χ4v) is 2.97. The van der Waals surface area contributed by atoms with E-state index in [1.54, 1.807) is 0 Å². The quantitative estimate of drug-likeness (QED) is 0.912. The fourth-order valence-electron chi connectivity index (χ4n) is 1.67. The van der Waals surface area contributed by atoms with Gasteiger partial charge in [-0.3, -0.25) is 4.79 Å². The number of nitrogens with one attached hydrogen (secondary N) is 1. The van der Waals surface area contributed by atoms with E-state index in [1.807, 2.05) is 24.3 Å². The summed E-state index contributed by atoms with van der Waals surface area (Å²) in [5.41, 5.74) is 0.858. The van der Waals surface area contributed by atoms with Crippen LogP contribution in [0.2, 0.25) is 0 Å². The summed E-state index contributed by atoms with van der Waals surface area (Å²) in [6.45, 7) is 2.13. The first-order valence-electron chi connectivity index (χ1n) is 6.01. The van der Waals surface area contributed by atoms with Crippen LogP contribution in [0.4, 0.5) is 5.69 Å². The molecule has 1 atom stereocenters. The van der Waals surface area contributed by atoms with Crippen LogP contribution in [0.3, 0.4) is 0 Å². The van der Waals surface area contributed by atoms with E-state index in [-0.39, 0.29) is 11.2 Å². The average molecular weight is 327 g/mol. The first-order valence-corrected chi connectivity index (χ1v) is 7.68. The molecule has 1 aromatic rings. The number of hydrogen-bond acceptors (Lipinski definition) is 3. The van der Waals surface area contributed by atoms with Crippen LogP contribution in [-0.4, -0.2) is 16.3 Å². The van der Waals surface area contributed by atoms with E-state index in [0.29, 0.717) is 5.17 Å². The fraction of sp³-hybridized carbons (Fsp3) is 0.385. The van der Waals surface area contributed by atoms with Crippen molar-refractivity contribution in [3.8, 4) is 0 Å². The lowest BCUT2D eigenvalue weighted by molar-refractivity contribution is -0.118. The zero-order chi connectivity index (χ0) is 13.0. The second kappa shape index (κ2) is 6.38. The zero-order valence-corrected chi connectivity index (χ0v) is 12.6. The highest BCUT2D eigenvalue weighted by Gasteiger charge is 2.29. The Labute approximate surface area is 120 Å². The van der Waals surface area contributed by atoms with Crippen LogP contribution in [-0.2, 0) is 4.79 Å². The molecule has 1 saturated heterocycles. The highest BCUT2D eigenvalue weighted by atomic mass is 79.9. The molecule has 5 heteroatoms. The van der Waals surface area contributed by atoms with E-state index in [9.17, 15) is 4.79 Å². The van der Waals surface area contributed by atoms with Crippen LogP contribution in [0, 0.1) is 0 Å². The Morgan fingerprint density at radius 2 is 2.11 bits per heavy atom. The van der Waals surface area contributed by atoms with Crippen LogP contribution in [0.25, 0.3) is 0 Å². The van der Waals surface area contributed by atoms with Gasteiger partial charge in [-0.25, -0.2) is 4.99 Å². The summed E-state index contributed by atoms with van der Waals surface area (Å²) in [7, 11) is 0. The van der Waals surface area contributed by atoms with Crippen molar-refractivity contribution in [2.75, 3.05) is 0 Å². The number of aliphatic imine (C=N–C) groups is 1. The van der Waals surface area contributed by atoms with E-state index in [1.165, 1.54) is 11.8 Å². The minimum Gasteiger partial charge on any atom is -0.304 e. The van der Waals surface area contributed by atoms with E-state index in [2.05, 4.69) is 33.2 Å². The number of carbonyl (C=O) groups excluding carboxylic acids is 1. The molecule has 0 aromatic heterocycles. The predicted octanol–water partition coefficient (Wildman–Crippen LogP) is 3.86. The summed E-state index contributed by atoms with van der Waals surface area (Å²) in [6, 6.07) is 7.72. The number of amides is 1. The average Bonchev–Trinajstić information content (AvgIpc) is 2.70. The van der Waals surface area contributed by atoms with Crippen molar-refractivity contribution >= 4 is 44.5 Å². The zero-order valence-electron chi connectivity index (χ0n) is 10.1. The first kappa shape index (κ1) is 13.6. The third-order valence-electron chi connectivity index (χ3n) is 2.65. The molecule has 1 aliphatic rings. The molecule has 1 aromatic carbocycles. The van der Waals surface area contributed by atoms with Gasteiger partial charge < -0.3 is 5.32 Å². The highest BCUT2D eigenvalue weighted by Crippen LogP contribution is 2.26. The number of unbranched alkanes of at least 4 members (excludes halogenated alkanes) is 1. The summed E-state index contributed by atoms with van der Waals surface area (Å²) < 4.78 is 1.02. The van der Waals surface area contributed by atoms with Crippen molar-refractivity contribution in [1.29, 1.82) is 0 Å². The second-order valence-corrected chi connectivity index (χ2v) is 6.24. The van der Waals surface area contributed by atoms with Crippen LogP contribution in [0.1, 0.15) is 26.2 Å². The molecule has 1 amide bonds. The van der Waals surface area contributed by atoms with E-state index in [0.717, 1.165) is 29.4 Å². The van der Waals surface area contributed by atoms with Gasteiger partial charge >= 0.3 is 0 Å². The number of benzene rings is 1. The normalized spacial score (nSPS) is 21.3. The molecular formula is C13H15BrN2OS. The number of amidine groups is 1. The van der Waals surface area contributed by atoms with Gasteiger partial charge in [0.1, 0.15) is 0 Å². The molecule has 18 heavy (non-hydrogen) atoms. The SMILES string of the molecule is CCCCC1SC(=Nc2ccc(Br)cc2)NC1=O. The topological polar surface area (TPSA) is 41.5 Å². The van der Waals surface area contributed by atoms with Gasteiger partial charge in [0.25, 0.3) is 0 Å². The van der Waals surface area contributed by atoms with E-state index >= 15 is 0 Å². The molecule has 1 N–H and O–H groups in total. The molecule has 3 nitrogen and oxygen atoms in total. The molecule has 0 aliphatic carbocycles. The second-order valence-electron chi connectivity index (χ2n) is 4.13. The van der Waals surface area contributed by atoms with Crippen molar-refractivity contribution < 1.29 is 4.79 Å². The van der Waals surface area contributed by atoms with Crippen LogP contribution < -0.4 is 5.32 Å². The Kier molecular flexibility index (Phi) is 4.83. The largest absolute Gasteiger partial charge is 0.304 e. The summed E-state index contributed by atoms with van der Waals surface area (Å²) in [6.07, 6.45) is 3.12. The lowest BCUT2D eigenvalue weighted by atomic mass is 10.2. The highest BCUT2D eigenvalue weighted by molar-refractivity contribution is 9.10. The first-order chi connectivity index (χ1) is 8.69. The number of carbonyl (C=O) groups is 1. The lowest BCUT2D eigenvalue weighted by Crippen LogP contribution is -2.24. The van der Waals surface area contributed by atoms with Gasteiger partial charge in [-0.05, 0) is 30.7 Å². The van der Waals surface area contributed by atoms with E-state index in [4.69, 9.17) is 0 Å². The maximum atomic E-state index is 11.7. The number of rotatable bonds is 4. The van der Waals surface area contributed by atoms with Crippen LogP contribution in [0.15, 0.2) is 33.7 Å². The van der Waals surface area contributed by atoms with Crippen LogP contribution in [0.5, 0.6) is 0 Å². The Hall–Kier alpha value is -0.810. The third-order valence-corrected chi connectivity index (χ3v) is 4.33. The Morgan fingerprint density at radius 3 is 2.78 bits per heavy atom. The number of thioether (sulfide) groups is 1. The molecule has 0 bridgehead atoms. The minimum atomic E-state index is 0.0270. The Morgan fingerprint density at radius 1 is 1.39 bits per heavy atom. The molecule has 1 heterocycles. The van der Waals surface area contributed by atoms with Gasteiger partial charge in [0.2, 0.25) is 5.91 Å². The molecule has 1 aliphatic heterocycles.